The van der Waals surface area contributed by atoms with Gasteiger partial charge in [-0.05, 0) is 41.5 Å². The lowest BCUT2D eigenvalue weighted by molar-refractivity contribution is -0.120. The molecule has 5 nitrogen and oxygen atoms in total. The standard InChI is InChI=1S/C22H25FN2O3/c1-22(2,17-12-24-18-7-6-15(23)11-16(17)18)13-25-21(26)10-14-5-8-19(27-3)20(9-14)28-4/h5-9,11-12,24H,10,13H2,1-4H3,(H,25,26). The SMILES string of the molecule is COc1ccc(CC(=O)NCC(C)(C)c2c[nH]c3ccc(F)cc23)cc1OC. The van der Waals surface area contributed by atoms with Crippen molar-refractivity contribution in [2.24, 2.45) is 0 Å². The second-order valence-electron chi connectivity index (χ2n) is 7.42. The van der Waals surface area contributed by atoms with Crippen molar-refractivity contribution in [1.82, 2.24) is 10.3 Å². The number of aromatic nitrogens is 1. The molecule has 0 unspecified atom stereocenters. The Morgan fingerprint density at radius 3 is 2.57 bits per heavy atom. The summed E-state index contributed by atoms with van der Waals surface area (Å²) in [6.07, 6.45) is 2.11. The monoisotopic (exact) mass is 384 g/mol. The summed E-state index contributed by atoms with van der Waals surface area (Å²) < 4.78 is 24.2. The molecule has 1 heterocycles. The van der Waals surface area contributed by atoms with Gasteiger partial charge < -0.3 is 19.8 Å². The summed E-state index contributed by atoms with van der Waals surface area (Å²) in [6.45, 7) is 4.48. The highest BCUT2D eigenvalue weighted by Crippen LogP contribution is 2.31. The third-order valence-electron chi connectivity index (χ3n) is 4.91. The first-order valence-corrected chi connectivity index (χ1v) is 9.09. The number of nitrogens with one attached hydrogen (secondary N) is 2. The Morgan fingerprint density at radius 1 is 1.11 bits per heavy atom. The predicted molar refractivity (Wildman–Crippen MR) is 108 cm³/mol. The van der Waals surface area contributed by atoms with Gasteiger partial charge in [0.15, 0.2) is 11.5 Å². The van der Waals surface area contributed by atoms with Crippen LogP contribution in [0.15, 0.2) is 42.6 Å². The van der Waals surface area contributed by atoms with Crippen LogP contribution in [0.1, 0.15) is 25.0 Å². The molecule has 28 heavy (non-hydrogen) atoms. The van der Waals surface area contributed by atoms with Gasteiger partial charge in [-0.15, -0.1) is 0 Å². The minimum absolute atomic E-state index is 0.0914. The second-order valence-corrected chi connectivity index (χ2v) is 7.42. The summed E-state index contributed by atoms with van der Waals surface area (Å²) in [5.74, 6) is 0.848. The normalized spacial score (nSPS) is 11.5. The van der Waals surface area contributed by atoms with Crippen molar-refractivity contribution in [3.63, 3.8) is 0 Å². The van der Waals surface area contributed by atoms with Crippen molar-refractivity contribution in [1.29, 1.82) is 0 Å². The molecular weight excluding hydrogens is 359 g/mol. The number of hydrogen-bond donors (Lipinski definition) is 2. The van der Waals surface area contributed by atoms with Gasteiger partial charge in [-0.1, -0.05) is 19.9 Å². The Labute approximate surface area is 163 Å². The van der Waals surface area contributed by atoms with Crippen LogP contribution in [0.5, 0.6) is 11.5 Å². The van der Waals surface area contributed by atoms with Crippen molar-refractivity contribution in [3.05, 3.63) is 59.5 Å². The van der Waals surface area contributed by atoms with Crippen molar-refractivity contribution >= 4 is 16.8 Å². The first-order valence-electron chi connectivity index (χ1n) is 9.09. The number of hydrogen-bond acceptors (Lipinski definition) is 3. The molecule has 1 amide bonds. The van der Waals surface area contributed by atoms with Crippen LogP contribution in [0, 0.1) is 5.82 Å². The molecule has 0 saturated heterocycles. The summed E-state index contributed by atoms with van der Waals surface area (Å²) in [6, 6.07) is 10.1. The predicted octanol–water partition coefficient (Wildman–Crippen LogP) is 3.96. The molecule has 0 spiro atoms. The maximum atomic E-state index is 13.7. The van der Waals surface area contributed by atoms with Gasteiger partial charge >= 0.3 is 0 Å². The second kappa shape index (κ2) is 7.92. The van der Waals surface area contributed by atoms with E-state index in [4.69, 9.17) is 9.47 Å². The molecule has 0 aliphatic heterocycles. The summed E-state index contributed by atoms with van der Waals surface area (Å²) in [5.41, 5.74) is 2.32. The van der Waals surface area contributed by atoms with Crippen molar-refractivity contribution in [3.8, 4) is 11.5 Å². The molecule has 148 valence electrons. The molecule has 1 aromatic heterocycles. The number of amides is 1. The van der Waals surface area contributed by atoms with Gasteiger partial charge in [-0.2, -0.15) is 0 Å². The van der Waals surface area contributed by atoms with E-state index in [2.05, 4.69) is 10.3 Å². The number of rotatable bonds is 7. The van der Waals surface area contributed by atoms with Gasteiger partial charge in [0.2, 0.25) is 5.91 Å². The van der Waals surface area contributed by atoms with Crippen molar-refractivity contribution in [2.45, 2.75) is 25.7 Å². The van der Waals surface area contributed by atoms with Crippen LogP contribution in [-0.4, -0.2) is 31.7 Å². The molecule has 0 bridgehead atoms. The molecule has 2 aromatic carbocycles. The van der Waals surface area contributed by atoms with Crippen molar-refractivity contribution in [2.75, 3.05) is 20.8 Å². The third-order valence-corrected chi connectivity index (χ3v) is 4.91. The summed E-state index contributed by atoms with van der Waals surface area (Å²) in [7, 11) is 3.14. The minimum Gasteiger partial charge on any atom is -0.493 e. The number of benzene rings is 2. The summed E-state index contributed by atoms with van der Waals surface area (Å²) in [4.78, 5) is 15.6. The van der Waals surface area contributed by atoms with Crippen LogP contribution < -0.4 is 14.8 Å². The van der Waals surface area contributed by atoms with E-state index >= 15 is 0 Å². The fourth-order valence-corrected chi connectivity index (χ4v) is 3.31. The number of methoxy groups -OCH3 is 2. The van der Waals surface area contributed by atoms with E-state index in [1.807, 2.05) is 26.1 Å². The van der Waals surface area contributed by atoms with Gasteiger partial charge in [0.05, 0.1) is 20.6 Å². The van der Waals surface area contributed by atoms with E-state index in [0.29, 0.717) is 18.0 Å². The van der Waals surface area contributed by atoms with E-state index in [-0.39, 0.29) is 23.6 Å². The number of ether oxygens (including phenoxy) is 2. The molecule has 0 radical (unpaired) electrons. The average Bonchev–Trinajstić information content (AvgIpc) is 3.10. The Kier molecular flexibility index (Phi) is 5.58. The first kappa shape index (κ1) is 19.7. The van der Waals surface area contributed by atoms with Crippen molar-refractivity contribution < 1.29 is 18.7 Å². The van der Waals surface area contributed by atoms with E-state index in [9.17, 15) is 9.18 Å². The number of carbonyl (C=O) groups excluding carboxylic acids is 1. The maximum absolute atomic E-state index is 13.7. The molecule has 3 aromatic rings. The molecule has 0 aliphatic carbocycles. The van der Waals surface area contributed by atoms with Gasteiger partial charge in [-0.25, -0.2) is 4.39 Å². The zero-order chi connectivity index (χ0) is 20.3. The molecular formula is C22H25FN2O3. The van der Waals surface area contributed by atoms with Gasteiger partial charge in [0.1, 0.15) is 5.82 Å². The highest BCUT2D eigenvalue weighted by atomic mass is 19.1. The fourth-order valence-electron chi connectivity index (χ4n) is 3.31. The smallest absolute Gasteiger partial charge is 0.224 e. The number of carbonyl (C=O) groups is 1. The topological polar surface area (TPSA) is 63.3 Å². The lowest BCUT2D eigenvalue weighted by atomic mass is 9.84. The Bertz CT molecular complexity index is 995. The molecule has 0 saturated carbocycles. The number of H-pyrrole nitrogens is 1. The number of halogens is 1. The van der Waals surface area contributed by atoms with Gasteiger partial charge in [0.25, 0.3) is 0 Å². The zero-order valence-electron chi connectivity index (χ0n) is 16.6. The van der Waals surface area contributed by atoms with E-state index < -0.39 is 0 Å². The molecule has 3 rings (SSSR count). The summed E-state index contributed by atoms with van der Waals surface area (Å²) in [5, 5.41) is 3.82. The van der Waals surface area contributed by atoms with Crippen LogP contribution in [0.25, 0.3) is 10.9 Å². The van der Waals surface area contributed by atoms with E-state index in [0.717, 1.165) is 22.0 Å². The fraction of sp³-hybridized carbons (Fsp3) is 0.318. The largest absolute Gasteiger partial charge is 0.493 e. The van der Waals surface area contributed by atoms with Crippen LogP contribution in [0.2, 0.25) is 0 Å². The Morgan fingerprint density at radius 2 is 1.86 bits per heavy atom. The lowest BCUT2D eigenvalue weighted by Gasteiger charge is -2.25. The molecule has 0 atom stereocenters. The van der Waals surface area contributed by atoms with E-state index in [1.54, 1.807) is 32.4 Å². The van der Waals surface area contributed by atoms with Crippen LogP contribution in [0.3, 0.4) is 0 Å². The van der Waals surface area contributed by atoms with Crippen LogP contribution in [0.4, 0.5) is 4.39 Å². The zero-order valence-corrected chi connectivity index (χ0v) is 16.6. The van der Waals surface area contributed by atoms with Crippen LogP contribution in [-0.2, 0) is 16.6 Å². The Balaban J connectivity index is 1.68. The highest BCUT2D eigenvalue weighted by Gasteiger charge is 2.25. The first-order chi connectivity index (χ1) is 13.3. The lowest BCUT2D eigenvalue weighted by Crippen LogP contribution is -2.37. The third kappa shape index (κ3) is 4.11. The highest BCUT2D eigenvalue weighted by molar-refractivity contribution is 5.84. The summed E-state index contributed by atoms with van der Waals surface area (Å²) >= 11 is 0. The number of fused-ring (bicyclic) bond motifs is 1. The molecule has 2 N–H and O–H groups in total. The maximum Gasteiger partial charge on any atom is 0.224 e. The van der Waals surface area contributed by atoms with Crippen LogP contribution >= 0.6 is 0 Å². The minimum atomic E-state index is -0.362. The van der Waals surface area contributed by atoms with Gasteiger partial charge in [0, 0.05) is 29.1 Å². The number of aromatic amines is 1. The Hall–Kier alpha value is -3.02. The average molecular weight is 384 g/mol. The molecule has 0 aliphatic rings. The molecule has 0 fully saturated rings. The van der Waals surface area contributed by atoms with Gasteiger partial charge in [-0.3, -0.25) is 4.79 Å². The van der Waals surface area contributed by atoms with E-state index in [1.165, 1.54) is 12.1 Å². The quantitative estimate of drug-likeness (QED) is 0.648. The molecule has 6 heteroatoms.